The van der Waals surface area contributed by atoms with Crippen molar-refractivity contribution in [3.8, 4) is 0 Å². The topological polar surface area (TPSA) is 29.0 Å². The average Bonchev–Trinajstić information content (AvgIpc) is 2.45. The van der Waals surface area contributed by atoms with Crippen LogP contribution in [-0.4, -0.2) is 16.3 Å². The molecule has 3 heteroatoms. The molecule has 0 aliphatic rings. The zero-order valence-corrected chi connectivity index (χ0v) is 7.61. The van der Waals surface area contributed by atoms with E-state index in [2.05, 4.69) is 17.1 Å². The Morgan fingerprint density at radius 1 is 1.33 bits per heavy atom. The Morgan fingerprint density at radius 3 is 2.75 bits per heavy atom. The predicted molar refractivity (Wildman–Crippen MR) is 46.5 cm³/mol. The fourth-order valence-corrected chi connectivity index (χ4v) is 1.22. The van der Waals surface area contributed by atoms with E-state index in [0.29, 0.717) is 6.61 Å². The normalized spacial score (nSPS) is 10.5. The minimum absolute atomic E-state index is 0.319. The van der Waals surface area contributed by atoms with Crippen LogP contribution >= 0.6 is 0 Å². The lowest BCUT2D eigenvalue weighted by molar-refractivity contribution is -0.696. The third-order valence-electron chi connectivity index (χ3n) is 1.90. The Hall–Kier alpha value is -0.830. The number of aromatic nitrogens is 2. The first-order valence-corrected chi connectivity index (χ1v) is 4.45. The van der Waals surface area contributed by atoms with Gasteiger partial charge in [-0.05, 0) is 19.3 Å². The maximum Gasteiger partial charge on any atom is 0.243 e. The summed E-state index contributed by atoms with van der Waals surface area (Å²) in [7, 11) is 2.02. The lowest BCUT2D eigenvalue weighted by atomic mass is 10.2. The zero-order valence-electron chi connectivity index (χ0n) is 7.61. The fourth-order valence-electron chi connectivity index (χ4n) is 1.22. The molecule has 1 rings (SSSR count). The maximum absolute atomic E-state index is 8.56. The van der Waals surface area contributed by atoms with Crippen molar-refractivity contribution in [2.75, 3.05) is 6.61 Å². The van der Waals surface area contributed by atoms with E-state index in [1.165, 1.54) is 0 Å². The molecule has 0 aliphatic heterocycles. The summed E-state index contributed by atoms with van der Waals surface area (Å²) in [5.41, 5.74) is 0. The Kier molecular flexibility index (Phi) is 3.80. The van der Waals surface area contributed by atoms with E-state index in [4.69, 9.17) is 5.11 Å². The molecule has 0 spiro atoms. The molecule has 0 radical (unpaired) electrons. The number of hydrogen-bond donors (Lipinski definition) is 1. The number of aryl methyl sites for hydroxylation is 2. The summed E-state index contributed by atoms with van der Waals surface area (Å²) >= 11 is 0. The SMILES string of the molecule is Cn1cc[n+](CCCCCO)c1. The molecule has 0 unspecified atom stereocenters. The van der Waals surface area contributed by atoms with Crippen molar-refractivity contribution in [2.45, 2.75) is 25.8 Å². The Morgan fingerprint density at radius 2 is 2.17 bits per heavy atom. The molecule has 0 bridgehead atoms. The molecule has 0 amide bonds. The summed E-state index contributed by atoms with van der Waals surface area (Å²) < 4.78 is 4.20. The van der Waals surface area contributed by atoms with Gasteiger partial charge in [0.05, 0.1) is 13.6 Å². The fraction of sp³-hybridized carbons (Fsp3) is 0.667. The van der Waals surface area contributed by atoms with E-state index in [1.807, 2.05) is 17.8 Å². The first-order chi connectivity index (χ1) is 5.83. The summed E-state index contributed by atoms with van der Waals surface area (Å²) in [5, 5.41) is 8.56. The Labute approximate surface area is 73.3 Å². The second-order valence-electron chi connectivity index (χ2n) is 3.10. The minimum atomic E-state index is 0.319. The van der Waals surface area contributed by atoms with Crippen LogP contribution < -0.4 is 4.57 Å². The van der Waals surface area contributed by atoms with Gasteiger partial charge in [-0.15, -0.1) is 0 Å². The molecule has 0 aliphatic carbocycles. The molecular formula is C9H17N2O+. The summed E-state index contributed by atoms with van der Waals surface area (Å²) in [4.78, 5) is 0. The van der Waals surface area contributed by atoms with Gasteiger partial charge in [0, 0.05) is 6.61 Å². The lowest BCUT2D eigenvalue weighted by Gasteiger charge is -1.95. The van der Waals surface area contributed by atoms with Crippen LogP contribution in [0.15, 0.2) is 18.7 Å². The summed E-state index contributed by atoms with van der Waals surface area (Å²) in [6, 6.07) is 0. The number of unbranched alkanes of at least 4 members (excludes halogenated alkanes) is 2. The quantitative estimate of drug-likeness (QED) is 0.504. The van der Waals surface area contributed by atoms with Crippen LogP contribution in [0.5, 0.6) is 0 Å². The van der Waals surface area contributed by atoms with Gasteiger partial charge in [0.2, 0.25) is 6.33 Å². The third kappa shape index (κ3) is 3.05. The van der Waals surface area contributed by atoms with E-state index in [-0.39, 0.29) is 0 Å². The minimum Gasteiger partial charge on any atom is -0.396 e. The maximum atomic E-state index is 8.56. The molecule has 1 aromatic heterocycles. The van der Waals surface area contributed by atoms with E-state index in [1.54, 1.807) is 0 Å². The van der Waals surface area contributed by atoms with Gasteiger partial charge in [0.15, 0.2) is 0 Å². The van der Waals surface area contributed by atoms with E-state index >= 15 is 0 Å². The summed E-state index contributed by atoms with van der Waals surface area (Å²) in [5.74, 6) is 0. The van der Waals surface area contributed by atoms with Gasteiger partial charge in [0.1, 0.15) is 12.4 Å². The van der Waals surface area contributed by atoms with E-state index < -0.39 is 0 Å². The molecule has 3 nitrogen and oxygen atoms in total. The van der Waals surface area contributed by atoms with Crippen molar-refractivity contribution >= 4 is 0 Å². The molecule has 1 N–H and O–H groups in total. The number of aliphatic hydroxyl groups excluding tert-OH is 1. The van der Waals surface area contributed by atoms with Crippen molar-refractivity contribution in [3.05, 3.63) is 18.7 Å². The highest BCUT2D eigenvalue weighted by molar-refractivity contribution is 4.61. The van der Waals surface area contributed by atoms with Gasteiger partial charge in [-0.3, -0.25) is 0 Å². The number of rotatable bonds is 5. The molecule has 0 atom stereocenters. The third-order valence-corrected chi connectivity index (χ3v) is 1.90. The second-order valence-corrected chi connectivity index (χ2v) is 3.10. The molecule has 1 aromatic rings. The van der Waals surface area contributed by atoms with Crippen LogP contribution in [0.1, 0.15) is 19.3 Å². The van der Waals surface area contributed by atoms with Crippen molar-refractivity contribution in [1.29, 1.82) is 0 Å². The summed E-state index contributed by atoms with van der Waals surface area (Å²) in [6.07, 6.45) is 9.35. The standard InChI is InChI=1S/C9H17N2O/c1-10-6-7-11(9-10)5-3-2-4-8-12/h6-7,9,12H,2-5,8H2,1H3/q+1. The molecule has 1 heterocycles. The van der Waals surface area contributed by atoms with Crippen molar-refractivity contribution in [1.82, 2.24) is 4.57 Å². The van der Waals surface area contributed by atoms with Crippen molar-refractivity contribution < 1.29 is 9.67 Å². The molecule has 12 heavy (non-hydrogen) atoms. The van der Waals surface area contributed by atoms with Crippen LogP contribution in [0, 0.1) is 0 Å². The highest BCUT2D eigenvalue weighted by Gasteiger charge is 1.98. The summed E-state index contributed by atoms with van der Waals surface area (Å²) in [6.45, 7) is 1.38. The Bertz CT molecular complexity index is 220. The van der Waals surface area contributed by atoms with Gasteiger partial charge in [-0.25, -0.2) is 9.13 Å². The van der Waals surface area contributed by atoms with Gasteiger partial charge in [-0.2, -0.15) is 0 Å². The molecular weight excluding hydrogens is 152 g/mol. The van der Waals surface area contributed by atoms with Crippen LogP contribution in [-0.2, 0) is 13.6 Å². The van der Waals surface area contributed by atoms with Gasteiger partial charge in [0.25, 0.3) is 0 Å². The first-order valence-electron chi connectivity index (χ1n) is 4.45. The van der Waals surface area contributed by atoms with Crippen LogP contribution in [0.25, 0.3) is 0 Å². The Balaban J connectivity index is 2.15. The smallest absolute Gasteiger partial charge is 0.243 e. The lowest BCUT2D eigenvalue weighted by Crippen LogP contribution is -2.30. The monoisotopic (exact) mass is 169 g/mol. The van der Waals surface area contributed by atoms with Crippen molar-refractivity contribution in [3.63, 3.8) is 0 Å². The second kappa shape index (κ2) is 4.93. The molecule has 0 aromatic carbocycles. The number of hydrogen-bond acceptors (Lipinski definition) is 1. The highest BCUT2D eigenvalue weighted by Crippen LogP contribution is 1.93. The molecule has 0 saturated heterocycles. The zero-order chi connectivity index (χ0) is 8.81. The number of aliphatic hydroxyl groups is 1. The van der Waals surface area contributed by atoms with Crippen molar-refractivity contribution in [2.24, 2.45) is 7.05 Å². The molecule has 68 valence electrons. The number of imidazole rings is 1. The average molecular weight is 169 g/mol. The van der Waals surface area contributed by atoms with Crippen LogP contribution in [0.4, 0.5) is 0 Å². The van der Waals surface area contributed by atoms with E-state index in [9.17, 15) is 0 Å². The first kappa shape index (κ1) is 9.26. The van der Waals surface area contributed by atoms with Crippen LogP contribution in [0.3, 0.4) is 0 Å². The van der Waals surface area contributed by atoms with Gasteiger partial charge < -0.3 is 5.11 Å². The predicted octanol–water partition coefficient (Wildman–Crippen LogP) is 0.475. The van der Waals surface area contributed by atoms with Crippen LogP contribution in [0.2, 0.25) is 0 Å². The highest BCUT2D eigenvalue weighted by atomic mass is 16.2. The number of nitrogens with zero attached hydrogens (tertiary/aromatic N) is 2. The molecule has 0 saturated carbocycles. The molecule has 0 fully saturated rings. The van der Waals surface area contributed by atoms with Gasteiger partial charge >= 0.3 is 0 Å². The van der Waals surface area contributed by atoms with Gasteiger partial charge in [-0.1, -0.05) is 0 Å². The van der Waals surface area contributed by atoms with E-state index in [0.717, 1.165) is 25.8 Å². The largest absolute Gasteiger partial charge is 0.396 e.